The molecule has 2 heterocycles. The SMILES string of the molecule is CCN(Cc1cccs1)C(=O)Cc1ccc(N2CCCC2=O)cc1. The molecule has 24 heavy (non-hydrogen) atoms. The second kappa shape index (κ2) is 7.62. The summed E-state index contributed by atoms with van der Waals surface area (Å²) in [5, 5.41) is 2.03. The van der Waals surface area contributed by atoms with Crippen molar-refractivity contribution in [2.75, 3.05) is 18.0 Å². The van der Waals surface area contributed by atoms with Crippen LogP contribution in [0, 0.1) is 0 Å². The Morgan fingerprint density at radius 3 is 2.62 bits per heavy atom. The number of carbonyl (C=O) groups excluding carboxylic acids is 2. The number of benzene rings is 1. The molecule has 0 spiro atoms. The van der Waals surface area contributed by atoms with Crippen LogP contribution in [0.3, 0.4) is 0 Å². The monoisotopic (exact) mass is 342 g/mol. The molecular weight excluding hydrogens is 320 g/mol. The van der Waals surface area contributed by atoms with Crippen molar-refractivity contribution in [2.24, 2.45) is 0 Å². The third-order valence-electron chi connectivity index (χ3n) is 4.34. The molecule has 1 aliphatic heterocycles. The molecule has 126 valence electrons. The molecule has 0 saturated carbocycles. The second-order valence-corrected chi connectivity index (χ2v) is 7.01. The summed E-state index contributed by atoms with van der Waals surface area (Å²) in [6.45, 7) is 4.18. The van der Waals surface area contributed by atoms with Crippen LogP contribution in [0.1, 0.15) is 30.2 Å². The fraction of sp³-hybridized carbons (Fsp3) is 0.368. The largest absolute Gasteiger partial charge is 0.338 e. The highest BCUT2D eigenvalue weighted by atomic mass is 32.1. The van der Waals surface area contributed by atoms with E-state index in [1.54, 1.807) is 11.3 Å². The Kier molecular flexibility index (Phi) is 5.30. The van der Waals surface area contributed by atoms with Crippen molar-refractivity contribution in [1.29, 1.82) is 0 Å². The maximum Gasteiger partial charge on any atom is 0.227 e. The number of thiophene rings is 1. The van der Waals surface area contributed by atoms with Gasteiger partial charge >= 0.3 is 0 Å². The normalized spacial score (nSPS) is 14.2. The van der Waals surface area contributed by atoms with Gasteiger partial charge in [0.2, 0.25) is 11.8 Å². The van der Waals surface area contributed by atoms with Crippen LogP contribution < -0.4 is 4.90 Å². The molecule has 4 nitrogen and oxygen atoms in total. The van der Waals surface area contributed by atoms with Crippen molar-refractivity contribution < 1.29 is 9.59 Å². The zero-order valence-corrected chi connectivity index (χ0v) is 14.7. The van der Waals surface area contributed by atoms with E-state index in [1.165, 1.54) is 4.88 Å². The number of carbonyl (C=O) groups is 2. The van der Waals surface area contributed by atoms with Gasteiger partial charge in [0, 0.05) is 30.1 Å². The molecule has 0 atom stereocenters. The summed E-state index contributed by atoms with van der Waals surface area (Å²) >= 11 is 1.68. The first-order valence-electron chi connectivity index (χ1n) is 8.37. The number of likely N-dealkylation sites (N-methyl/N-ethyl adjacent to an activating group) is 1. The minimum atomic E-state index is 0.135. The predicted molar refractivity (Wildman–Crippen MR) is 97.1 cm³/mol. The molecule has 2 aromatic rings. The van der Waals surface area contributed by atoms with E-state index in [1.807, 2.05) is 52.4 Å². The summed E-state index contributed by atoms with van der Waals surface area (Å²) in [5.74, 6) is 0.322. The second-order valence-electron chi connectivity index (χ2n) is 5.98. The molecular formula is C19H22N2O2S. The zero-order chi connectivity index (χ0) is 16.9. The van der Waals surface area contributed by atoms with Gasteiger partial charge in [-0.15, -0.1) is 11.3 Å². The molecule has 1 aliphatic rings. The first-order chi connectivity index (χ1) is 11.7. The van der Waals surface area contributed by atoms with Crippen molar-refractivity contribution >= 4 is 28.8 Å². The molecule has 5 heteroatoms. The maximum absolute atomic E-state index is 12.5. The molecule has 0 unspecified atom stereocenters. The average molecular weight is 342 g/mol. The smallest absolute Gasteiger partial charge is 0.227 e. The third-order valence-corrected chi connectivity index (χ3v) is 5.20. The lowest BCUT2D eigenvalue weighted by Gasteiger charge is -2.20. The lowest BCUT2D eigenvalue weighted by Crippen LogP contribution is -2.31. The molecule has 1 aromatic carbocycles. The number of amides is 2. The van der Waals surface area contributed by atoms with Gasteiger partial charge in [0.15, 0.2) is 0 Å². The molecule has 1 saturated heterocycles. The van der Waals surface area contributed by atoms with Gasteiger partial charge in [0.05, 0.1) is 13.0 Å². The topological polar surface area (TPSA) is 40.6 Å². The van der Waals surface area contributed by atoms with Gasteiger partial charge in [-0.25, -0.2) is 0 Å². The van der Waals surface area contributed by atoms with Gasteiger partial charge < -0.3 is 9.80 Å². The minimum absolute atomic E-state index is 0.135. The Balaban J connectivity index is 1.62. The predicted octanol–water partition coefficient (Wildman–Crippen LogP) is 3.47. The first-order valence-corrected chi connectivity index (χ1v) is 9.25. The summed E-state index contributed by atoms with van der Waals surface area (Å²) in [4.78, 5) is 29.2. The van der Waals surface area contributed by atoms with Crippen LogP contribution in [-0.2, 0) is 22.6 Å². The van der Waals surface area contributed by atoms with Gasteiger partial charge in [-0.05, 0) is 42.5 Å². The van der Waals surface area contributed by atoms with Gasteiger partial charge in [0.1, 0.15) is 0 Å². The van der Waals surface area contributed by atoms with Crippen LogP contribution in [0.4, 0.5) is 5.69 Å². The highest BCUT2D eigenvalue weighted by Crippen LogP contribution is 2.22. The Bertz CT molecular complexity index is 695. The fourth-order valence-electron chi connectivity index (χ4n) is 2.97. The van der Waals surface area contributed by atoms with E-state index in [9.17, 15) is 9.59 Å². The summed E-state index contributed by atoms with van der Waals surface area (Å²) in [6, 6.07) is 11.9. The molecule has 2 amide bonds. The van der Waals surface area contributed by atoms with E-state index in [4.69, 9.17) is 0 Å². The summed E-state index contributed by atoms with van der Waals surface area (Å²) in [6.07, 6.45) is 1.95. The number of rotatable bonds is 6. The Labute approximate surface area is 146 Å². The van der Waals surface area contributed by atoms with Crippen molar-refractivity contribution in [3.63, 3.8) is 0 Å². The van der Waals surface area contributed by atoms with E-state index in [2.05, 4.69) is 6.07 Å². The number of hydrogen-bond acceptors (Lipinski definition) is 3. The van der Waals surface area contributed by atoms with Crippen molar-refractivity contribution in [3.05, 3.63) is 52.2 Å². The van der Waals surface area contributed by atoms with E-state index in [-0.39, 0.29) is 11.8 Å². The van der Waals surface area contributed by atoms with Crippen LogP contribution in [0.25, 0.3) is 0 Å². The number of hydrogen-bond donors (Lipinski definition) is 0. The van der Waals surface area contributed by atoms with E-state index < -0.39 is 0 Å². The molecule has 0 radical (unpaired) electrons. The van der Waals surface area contributed by atoms with Gasteiger partial charge in [-0.3, -0.25) is 9.59 Å². The van der Waals surface area contributed by atoms with E-state index in [0.717, 1.165) is 24.2 Å². The summed E-state index contributed by atoms with van der Waals surface area (Å²) in [7, 11) is 0. The standard InChI is InChI=1S/C19H22N2O2S/c1-2-20(14-17-5-4-12-24-17)19(23)13-15-7-9-16(10-8-15)21-11-3-6-18(21)22/h4-5,7-10,12H,2-3,6,11,13-14H2,1H3. The van der Waals surface area contributed by atoms with Crippen molar-refractivity contribution in [3.8, 4) is 0 Å². The average Bonchev–Trinajstić information content (AvgIpc) is 3.25. The van der Waals surface area contributed by atoms with Crippen LogP contribution >= 0.6 is 11.3 Å². The van der Waals surface area contributed by atoms with Crippen LogP contribution in [-0.4, -0.2) is 29.8 Å². The lowest BCUT2D eigenvalue weighted by molar-refractivity contribution is -0.130. The molecule has 3 rings (SSSR count). The summed E-state index contributed by atoms with van der Waals surface area (Å²) < 4.78 is 0. The molecule has 0 aliphatic carbocycles. The first kappa shape index (κ1) is 16.7. The van der Waals surface area contributed by atoms with Crippen LogP contribution in [0.15, 0.2) is 41.8 Å². The van der Waals surface area contributed by atoms with Crippen molar-refractivity contribution in [1.82, 2.24) is 4.90 Å². The number of anilines is 1. The highest BCUT2D eigenvalue weighted by Gasteiger charge is 2.21. The molecule has 0 bridgehead atoms. The summed E-state index contributed by atoms with van der Waals surface area (Å²) in [5.41, 5.74) is 1.92. The lowest BCUT2D eigenvalue weighted by atomic mass is 10.1. The quantitative estimate of drug-likeness (QED) is 0.806. The maximum atomic E-state index is 12.5. The van der Waals surface area contributed by atoms with Gasteiger partial charge in [0.25, 0.3) is 0 Å². The molecule has 1 aromatic heterocycles. The zero-order valence-electron chi connectivity index (χ0n) is 13.9. The van der Waals surface area contributed by atoms with Crippen molar-refractivity contribution in [2.45, 2.75) is 32.7 Å². The fourth-order valence-corrected chi connectivity index (χ4v) is 3.69. The Morgan fingerprint density at radius 2 is 2.04 bits per heavy atom. The molecule has 1 fully saturated rings. The third kappa shape index (κ3) is 3.85. The van der Waals surface area contributed by atoms with Gasteiger partial charge in [-0.1, -0.05) is 18.2 Å². The molecule has 0 N–H and O–H groups in total. The Morgan fingerprint density at radius 1 is 1.25 bits per heavy atom. The van der Waals surface area contributed by atoms with E-state index >= 15 is 0 Å². The van der Waals surface area contributed by atoms with Gasteiger partial charge in [-0.2, -0.15) is 0 Å². The minimum Gasteiger partial charge on any atom is -0.338 e. The highest BCUT2D eigenvalue weighted by molar-refractivity contribution is 7.09. The van der Waals surface area contributed by atoms with Crippen LogP contribution in [0.5, 0.6) is 0 Å². The Hall–Kier alpha value is -2.14. The van der Waals surface area contributed by atoms with Crippen LogP contribution in [0.2, 0.25) is 0 Å². The van der Waals surface area contributed by atoms with E-state index in [0.29, 0.717) is 25.9 Å². The number of nitrogens with zero attached hydrogens (tertiary/aromatic N) is 2.